The highest BCUT2D eigenvalue weighted by molar-refractivity contribution is 7.47. The molecule has 0 bridgehead atoms. The molecule has 0 aliphatic carbocycles. The van der Waals surface area contributed by atoms with Gasteiger partial charge >= 0.3 is 39.5 Å². The van der Waals surface area contributed by atoms with Crippen molar-refractivity contribution in [3.05, 3.63) is 0 Å². The molecular weight excluding hydrogens is 1350 g/mol. The molecule has 0 aliphatic heterocycles. The van der Waals surface area contributed by atoms with Crippen molar-refractivity contribution >= 4 is 39.5 Å². The Morgan fingerprint density at radius 3 is 0.654 bits per heavy atom. The van der Waals surface area contributed by atoms with Crippen LogP contribution in [0.4, 0.5) is 0 Å². The van der Waals surface area contributed by atoms with E-state index in [1.54, 1.807) is 0 Å². The van der Waals surface area contributed by atoms with Crippen molar-refractivity contribution < 1.29 is 80.2 Å². The minimum atomic E-state index is -4.97. The molecule has 17 nitrogen and oxygen atoms in total. The number of rotatable bonds is 84. The summed E-state index contributed by atoms with van der Waals surface area (Å²) in [6, 6.07) is 0. The van der Waals surface area contributed by atoms with Crippen LogP contribution in [0.1, 0.15) is 452 Å². The van der Waals surface area contributed by atoms with Gasteiger partial charge in [0.1, 0.15) is 19.3 Å². The molecule has 0 saturated carbocycles. The van der Waals surface area contributed by atoms with Crippen LogP contribution in [-0.2, 0) is 65.4 Å². The Labute approximate surface area is 638 Å². The summed E-state index contributed by atoms with van der Waals surface area (Å²) in [4.78, 5) is 73.2. The zero-order valence-corrected chi connectivity index (χ0v) is 70.1. The van der Waals surface area contributed by atoms with Crippen LogP contribution in [0.2, 0.25) is 0 Å². The highest BCUT2D eigenvalue weighted by Crippen LogP contribution is 2.45. The Balaban J connectivity index is 5.24. The normalized spacial score (nSPS) is 13.8. The van der Waals surface area contributed by atoms with E-state index in [1.807, 2.05) is 0 Å². The third-order valence-corrected chi connectivity index (χ3v) is 21.9. The van der Waals surface area contributed by atoms with E-state index in [2.05, 4.69) is 41.5 Å². The highest BCUT2D eigenvalue weighted by Gasteiger charge is 2.30. The van der Waals surface area contributed by atoms with Gasteiger partial charge < -0.3 is 33.8 Å². The van der Waals surface area contributed by atoms with E-state index in [-0.39, 0.29) is 25.7 Å². The molecule has 19 heteroatoms. The summed E-state index contributed by atoms with van der Waals surface area (Å²) in [6.07, 6.45) is 68.1. The van der Waals surface area contributed by atoms with Crippen molar-refractivity contribution in [2.45, 2.75) is 471 Å². The predicted molar refractivity (Wildman–Crippen MR) is 428 cm³/mol. The fraction of sp³-hybridized carbons (Fsp3) is 0.953. The summed E-state index contributed by atoms with van der Waals surface area (Å²) >= 11 is 0. The molecule has 0 heterocycles. The van der Waals surface area contributed by atoms with Gasteiger partial charge in [-0.1, -0.05) is 401 Å². The van der Waals surface area contributed by atoms with Gasteiger partial charge in [-0.3, -0.25) is 37.3 Å². The van der Waals surface area contributed by atoms with Gasteiger partial charge in [0.05, 0.1) is 26.4 Å². The van der Waals surface area contributed by atoms with Gasteiger partial charge in [-0.25, -0.2) is 9.13 Å². The van der Waals surface area contributed by atoms with Gasteiger partial charge in [0.2, 0.25) is 0 Å². The maximum absolute atomic E-state index is 13.1. The summed E-state index contributed by atoms with van der Waals surface area (Å²) in [6.45, 7) is 9.63. The second-order valence-electron chi connectivity index (χ2n) is 31.5. The van der Waals surface area contributed by atoms with E-state index in [1.165, 1.54) is 270 Å². The zero-order valence-electron chi connectivity index (χ0n) is 68.3. The average Bonchev–Trinajstić information content (AvgIpc) is 0.910. The first-order chi connectivity index (χ1) is 50.4. The Hall–Kier alpha value is -1.94. The van der Waals surface area contributed by atoms with Crippen molar-refractivity contribution in [3.63, 3.8) is 0 Å². The zero-order chi connectivity index (χ0) is 76.4. The van der Waals surface area contributed by atoms with Crippen molar-refractivity contribution in [1.29, 1.82) is 0 Å². The van der Waals surface area contributed by atoms with Gasteiger partial charge in [0.25, 0.3) is 0 Å². The maximum Gasteiger partial charge on any atom is 0.472 e. The lowest BCUT2D eigenvalue weighted by Crippen LogP contribution is -2.30. The molecule has 3 N–H and O–H groups in total. The van der Waals surface area contributed by atoms with Gasteiger partial charge in [-0.15, -0.1) is 0 Å². The van der Waals surface area contributed by atoms with Gasteiger partial charge in [-0.05, 0) is 37.5 Å². The van der Waals surface area contributed by atoms with Crippen molar-refractivity contribution in [2.24, 2.45) is 11.8 Å². The molecule has 0 saturated heterocycles. The van der Waals surface area contributed by atoms with Gasteiger partial charge in [0.15, 0.2) is 12.2 Å². The van der Waals surface area contributed by atoms with Crippen LogP contribution in [0.3, 0.4) is 0 Å². The molecule has 0 amide bonds. The standard InChI is InChI=1S/C85H166O17P2/c1-7-9-11-13-15-17-19-21-23-25-27-28-29-31-33-35-37-44-51-57-63-69-84(89)101-80(73-95-82(87)67-61-55-49-43-36-34-32-30-26-24-22-20-18-16-14-12-10-8-2)75-99-103(91,92)97-71-79(86)72-98-104(93,94)100-76-81(74-96-83(88)68-62-56-50-46-40-42-48-54-60-66-78(5)6)102-85(90)70-64-58-52-45-39-38-41-47-53-59-65-77(3)4/h77-81,86H,7-76H2,1-6H3,(H,91,92)(H,93,94)/t79-,80-,81-/m1/s1. The van der Waals surface area contributed by atoms with Crippen LogP contribution >= 0.6 is 15.6 Å². The predicted octanol–water partition coefficient (Wildman–Crippen LogP) is 25.8. The van der Waals surface area contributed by atoms with Crippen LogP contribution in [-0.4, -0.2) is 96.7 Å². The number of carbonyl (C=O) groups is 4. The summed E-state index contributed by atoms with van der Waals surface area (Å²) < 4.78 is 68.9. The molecule has 2 unspecified atom stereocenters. The molecule has 0 aliphatic rings. The molecule has 0 rings (SSSR count). The first-order valence-electron chi connectivity index (χ1n) is 44.0. The van der Waals surface area contributed by atoms with Gasteiger partial charge in [0, 0.05) is 25.7 Å². The first-order valence-corrected chi connectivity index (χ1v) is 47.0. The van der Waals surface area contributed by atoms with Crippen LogP contribution in [0.15, 0.2) is 0 Å². The lowest BCUT2D eigenvalue weighted by atomic mass is 10.0. The molecule has 0 spiro atoms. The summed E-state index contributed by atoms with van der Waals surface area (Å²) in [5.41, 5.74) is 0. The van der Waals surface area contributed by atoms with Crippen LogP contribution < -0.4 is 0 Å². The number of carbonyl (C=O) groups excluding carboxylic acids is 4. The number of phosphoric ester groups is 2. The van der Waals surface area contributed by atoms with Crippen LogP contribution in [0, 0.1) is 11.8 Å². The molecule has 0 aromatic rings. The Morgan fingerprint density at radius 2 is 0.442 bits per heavy atom. The van der Waals surface area contributed by atoms with Crippen molar-refractivity contribution in [3.8, 4) is 0 Å². The third kappa shape index (κ3) is 78.2. The average molecular weight is 1520 g/mol. The minimum Gasteiger partial charge on any atom is -0.462 e. The molecule has 0 fully saturated rings. The monoisotopic (exact) mass is 1520 g/mol. The molecular formula is C85H166O17P2. The lowest BCUT2D eigenvalue weighted by molar-refractivity contribution is -0.161. The smallest absolute Gasteiger partial charge is 0.462 e. The summed E-state index contributed by atoms with van der Waals surface area (Å²) in [7, 11) is -9.93. The van der Waals surface area contributed by atoms with E-state index in [9.17, 15) is 43.2 Å². The molecule has 5 atom stereocenters. The fourth-order valence-corrected chi connectivity index (χ4v) is 14.8. The van der Waals surface area contributed by atoms with E-state index in [0.29, 0.717) is 25.7 Å². The topological polar surface area (TPSA) is 237 Å². The number of hydrogen-bond acceptors (Lipinski definition) is 15. The highest BCUT2D eigenvalue weighted by atomic mass is 31.2. The van der Waals surface area contributed by atoms with Crippen LogP contribution in [0.25, 0.3) is 0 Å². The number of esters is 4. The van der Waals surface area contributed by atoms with E-state index in [4.69, 9.17) is 37.0 Å². The number of hydrogen-bond donors (Lipinski definition) is 3. The second-order valence-corrected chi connectivity index (χ2v) is 34.4. The Bertz CT molecular complexity index is 1990. The second kappa shape index (κ2) is 76.4. The van der Waals surface area contributed by atoms with E-state index in [0.717, 1.165) is 102 Å². The van der Waals surface area contributed by atoms with Crippen molar-refractivity contribution in [1.82, 2.24) is 0 Å². The quantitative estimate of drug-likeness (QED) is 0.0222. The minimum absolute atomic E-state index is 0.106. The molecule has 0 radical (unpaired) electrons. The fourth-order valence-electron chi connectivity index (χ4n) is 13.2. The largest absolute Gasteiger partial charge is 0.472 e. The molecule has 0 aromatic heterocycles. The number of aliphatic hydroxyl groups excluding tert-OH is 1. The first kappa shape index (κ1) is 102. The lowest BCUT2D eigenvalue weighted by Gasteiger charge is -2.21. The Morgan fingerprint density at radius 1 is 0.260 bits per heavy atom. The summed E-state index contributed by atoms with van der Waals surface area (Å²) in [5.74, 6) is -0.609. The molecule has 0 aromatic carbocycles. The third-order valence-electron chi connectivity index (χ3n) is 20.0. The van der Waals surface area contributed by atoms with Gasteiger partial charge in [-0.2, -0.15) is 0 Å². The molecule has 618 valence electrons. The molecule has 104 heavy (non-hydrogen) atoms. The van der Waals surface area contributed by atoms with E-state index < -0.39 is 97.5 Å². The maximum atomic E-state index is 13.1. The van der Waals surface area contributed by atoms with Crippen LogP contribution in [0.5, 0.6) is 0 Å². The number of aliphatic hydroxyl groups is 1. The SMILES string of the molecule is CCCCCCCCCCCCCCCCCCCCCCCC(=O)O[C@H](COC(=O)CCCCCCCCCCCCCCCCCCCC)COP(=O)(O)OC[C@@H](O)COP(=O)(O)OC[C@@H](COC(=O)CCCCCCCCCCCC(C)C)OC(=O)CCCCCCCCCCCCC(C)C. The Kier molecular flexibility index (Phi) is 75.0. The summed E-state index contributed by atoms with van der Waals surface area (Å²) in [5, 5.41) is 10.7. The number of ether oxygens (including phenoxy) is 4. The number of unbranched alkanes of at least 4 members (excludes halogenated alkanes) is 54. The van der Waals surface area contributed by atoms with E-state index >= 15 is 0 Å². The number of phosphoric acid groups is 2. The van der Waals surface area contributed by atoms with Crippen molar-refractivity contribution in [2.75, 3.05) is 39.6 Å².